The van der Waals surface area contributed by atoms with Gasteiger partial charge in [0.15, 0.2) is 0 Å². The molecule has 0 heterocycles. The molecule has 0 radical (unpaired) electrons. The molecule has 0 spiro atoms. The van der Waals surface area contributed by atoms with Gasteiger partial charge in [-0.15, -0.1) is 0 Å². The Labute approximate surface area is 93.4 Å². The van der Waals surface area contributed by atoms with Gasteiger partial charge in [0.2, 0.25) is 0 Å². The minimum Gasteiger partial charge on any atom is -0.497 e. The van der Waals surface area contributed by atoms with Gasteiger partial charge in [0.1, 0.15) is 5.75 Å². The lowest BCUT2D eigenvalue weighted by atomic mass is 10.00. The lowest BCUT2D eigenvalue weighted by Gasteiger charge is -2.20. The highest BCUT2D eigenvalue weighted by Gasteiger charge is 2.47. The van der Waals surface area contributed by atoms with E-state index in [1.807, 2.05) is 0 Å². The number of benzene rings is 1. The van der Waals surface area contributed by atoms with E-state index < -0.39 is 11.5 Å². The number of alkyl halides is 2. The van der Waals surface area contributed by atoms with Crippen LogP contribution in [0.5, 0.6) is 5.75 Å². The fourth-order valence-corrected chi connectivity index (χ4v) is 1.72. The van der Waals surface area contributed by atoms with Crippen LogP contribution in [0, 0.1) is 0 Å². The van der Waals surface area contributed by atoms with Crippen molar-refractivity contribution in [2.24, 2.45) is 5.73 Å². The third-order valence-electron chi connectivity index (χ3n) is 2.98. The molecule has 2 N–H and O–H groups in total. The molecule has 2 rings (SSSR count). The predicted octanol–water partition coefficient (Wildman–Crippen LogP) is 2.67. The van der Waals surface area contributed by atoms with E-state index in [9.17, 15) is 8.78 Å². The van der Waals surface area contributed by atoms with Gasteiger partial charge in [-0.3, -0.25) is 0 Å². The second kappa shape index (κ2) is 3.70. The zero-order valence-corrected chi connectivity index (χ0v) is 9.17. The van der Waals surface area contributed by atoms with Gasteiger partial charge < -0.3 is 10.5 Å². The van der Waals surface area contributed by atoms with Crippen molar-refractivity contribution >= 4 is 0 Å². The van der Waals surface area contributed by atoms with Gasteiger partial charge in [-0.25, -0.2) is 8.78 Å². The number of nitrogens with two attached hydrogens (primary N) is 1. The van der Waals surface area contributed by atoms with Crippen LogP contribution in [0.2, 0.25) is 0 Å². The molecular formula is C12H15F2NO. The molecule has 1 aliphatic carbocycles. The van der Waals surface area contributed by atoms with Crippen molar-refractivity contribution in [1.82, 2.24) is 0 Å². The minimum atomic E-state index is -2.85. The first kappa shape index (κ1) is 11.3. The van der Waals surface area contributed by atoms with Crippen LogP contribution in [0.15, 0.2) is 24.3 Å². The Morgan fingerprint density at radius 3 is 2.31 bits per heavy atom. The van der Waals surface area contributed by atoms with Crippen molar-refractivity contribution in [3.63, 3.8) is 0 Å². The maximum Gasteiger partial charge on any atom is 0.275 e. The van der Waals surface area contributed by atoms with E-state index in [-0.39, 0.29) is 12.0 Å². The summed E-state index contributed by atoms with van der Waals surface area (Å²) in [6, 6.07) is 5.87. The van der Waals surface area contributed by atoms with Crippen molar-refractivity contribution in [1.29, 1.82) is 0 Å². The molecular weight excluding hydrogens is 212 g/mol. The summed E-state index contributed by atoms with van der Waals surface area (Å²) in [5, 5.41) is 0. The second-order valence-electron chi connectivity index (χ2n) is 4.47. The number of hydrogen-bond donors (Lipinski definition) is 1. The maximum atomic E-state index is 13.8. The lowest BCUT2D eigenvalue weighted by molar-refractivity contribution is -0.0223. The summed E-state index contributed by atoms with van der Waals surface area (Å²) in [5.41, 5.74) is 5.08. The zero-order chi connectivity index (χ0) is 11.8. The first-order valence-corrected chi connectivity index (χ1v) is 5.26. The number of methoxy groups -OCH3 is 1. The summed E-state index contributed by atoms with van der Waals surface area (Å²) in [7, 11) is 1.51. The monoisotopic (exact) mass is 227 g/mol. The fraction of sp³-hybridized carbons (Fsp3) is 0.500. The molecule has 0 saturated heterocycles. The quantitative estimate of drug-likeness (QED) is 0.858. The largest absolute Gasteiger partial charge is 0.497 e. The van der Waals surface area contributed by atoms with E-state index in [1.54, 1.807) is 12.1 Å². The summed E-state index contributed by atoms with van der Waals surface area (Å²) in [6.07, 6.45) is 1.11. The molecule has 0 unspecified atom stereocenters. The van der Waals surface area contributed by atoms with Crippen molar-refractivity contribution in [3.8, 4) is 5.75 Å². The van der Waals surface area contributed by atoms with Crippen molar-refractivity contribution < 1.29 is 13.5 Å². The minimum absolute atomic E-state index is 0.00465. The maximum absolute atomic E-state index is 13.8. The van der Waals surface area contributed by atoms with Gasteiger partial charge in [0.25, 0.3) is 5.92 Å². The molecule has 88 valence electrons. The SMILES string of the molecule is COc1ccc(C(F)(F)CC2(N)CC2)cc1. The molecule has 0 bridgehead atoms. The molecule has 0 atom stereocenters. The van der Waals surface area contributed by atoms with Gasteiger partial charge in [0, 0.05) is 17.5 Å². The average molecular weight is 227 g/mol. The van der Waals surface area contributed by atoms with Crippen LogP contribution in [0.25, 0.3) is 0 Å². The van der Waals surface area contributed by atoms with Crippen LogP contribution >= 0.6 is 0 Å². The lowest BCUT2D eigenvalue weighted by Crippen LogP contribution is -2.30. The Balaban J connectivity index is 2.14. The van der Waals surface area contributed by atoms with Gasteiger partial charge >= 0.3 is 0 Å². The number of hydrogen-bond acceptors (Lipinski definition) is 2. The van der Waals surface area contributed by atoms with Crippen molar-refractivity contribution in [2.45, 2.75) is 30.7 Å². The molecule has 4 heteroatoms. The molecule has 2 nitrogen and oxygen atoms in total. The van der Waals surface area contributed by atoms with E-state index in [4.69, 9.17) is 10.5 Å². The van der Waals surface area contributed by atoms with Gasteiger partial charge in [0.05, 0.1) is 7.11 Å². The summed E-state index contributed by atoms with van der Waals surface area (Å²) < 4.78 is 32.5. The van der Waals surface area contributed by atoms with Gasteiger partial charge in [-0.2, -0.15) is 0 Å². The molecule has 0 aromatic heterocycles. The van der Waals surface area contributed by atoms with E-state index in [2.05, 4.69) is 0 Å². The van der Waals surface area contributed by atoms with Crippen LogP contribution < -0.4 is 10.5 Å². The Morgan fingerprint density at radius 2 is 1.88 bits per heavy atom. The number of rotatable bonds is 4. The van der Waals surface area contributed by atoms with Crippen LogP contribution in [-0.2, 0) is 5.92 Å². The third-order valence-corrected chi connectivity index (χ3v) is 2.98. The molecule has 1 saturated carbocycles. The third kappa shape index (κ3) is 2.32. The van der Waals surface area contributed by atoms with Crippen molar-refractivity contribution in [2.75, 3.05) is 7.11 Å². The summed E-state index contributed by atoms with van der Waals surface area (Å²) >= 11 is 0. The van der Waals surface area contributed by atoms with Gasteiger partial charge in [-0.05, 0) is 37.1 Å². The highest BCUT2D eigenvalue weighted by Crippen LogP contribution is 2.45. The smallest absolute Gasteiger partial charge is 0.275 e. The van der Waals surface area contributed by atoms with Crippen LogP contribution in [-0.4, -0.2) is 12.6 Å². The standard InChI is InChI=1S/C12H15F2NO/c1-16-10-4-2-9(3-5-10)12(13,14)8-11(15)6-7-11/h2-5H,6-8,15H2,1H3. The highest BCUT2D eigenvalue weighted by molar-refractivity contribution is 5.30. The first-order chi connectivity index (χ1) is 7.45. The Hall–Kier alpha value is -1.16. The summed E-state index contributed by atoms with van der Waals surface area (Å²) in [4.78, 5) is 0. The predicted molar refractivity (Wildman–Crippen MR) is 57.7 cm³/mol. The average Bonchev–Trinajstić information content (AvgIpc) is 2.95. The Morgan fingerprint density at radius 1 is 1.31 bits per heavy atom. The molecule has 1 aromatic carbocycles. The van der Waals surface area contributed by atoms with Crippen LogP contribution in [0.1, 0.15) is 24.8 Å². The summed E-state index contributed by atoms with van der Waals surface area (Å²) in [6.45, 7) is 0. The fourth-order valence-electron chi connectivity index (χ4n) is 1.72. The van der Waals surface area contributed by atoms with E-state index >= 15 is 0 Å². The normalized spacial score (nSPS) is 18.2. The molecule has 1 fully saturated rings. The molecule has 1 aromatic rings. The Kier molecular flexibility index (Phi) is 2.62. The van der Waals surface area contributed by atoms with Crippen LogP contribution in [0.3, 0.4) is 0 Å². The molecule has 0 amide bonds. The topological polar surface area (TPSA) is 35.2 Å². The Bertz CT molecular complexity index is 371. The number of ether oxygens (including phenoxy) is 1. The van der Waals surface area contributed by atoms with Crippen molar-refractivity contribution in [3.05, 3.63) is 29.8 Å². The second-order valence-corrected chi connectivity index (χ2v) is 4.47. The summed E-state index contributed by atoms with van der Waals surface area (Å²) in [5.74, 6) is -2.27. The van der Waals surface area contributed by atoms with E-state index in [0.717, 1.165) is 0 Å². The van der Waals surface area contributed by atoms with Crippen LogP contribution in [0.4, 0.5) is 8.78 Å². The zero-order valence-electron chi connectivity index (χ0n) is 9.17. The first-order valence-electron chi connectivity index (χ1n) is 5.26. The van der Waals surface area contributed by atoms with Gasteiger partial charge in [-0.1, -0.05) is 0 Å². The molecule has 16 heavy (non-hydrogen) atoms. The molecule has 1 aliphatic rings. The molecule has 0 aliphatic heterocycles. The highest BCUT2D eigenvalue weighted by atomic mass is 19.3. The van der Waals surface area contributed by atoms with E-state index in [0.29, 0.717) is 18.6 Å². The number of halogens is 2. The van der Waals surface area contributed by atoms with E-state index in [1.165, 1.54) is 19.2 Å².